The fourth-order valence-corrected chi connectivity index (χ4v) is 3.90. The van der Waals surface area contributed by atoms with Gasteiger partial charge in [-0.2, -0.15) is 5.10 Å². The summed E-state index contributed by atoms with van der Waals surface area (Å²) >= 11 is 0. The van der Waals surface area contributed by atoms with E-state index in [2.05, 4.69) is 12.0 Å². The molecule has 3 aromatic rings. The average Bonchev–Trinajstić information content (AvgIpc) is 3.04. The minimum atomic E-state index is 0.0674. The molecular weight excluding hydrogens is 324 g/mol. The Kier molecular flexibility index (Phi) is 4.23. The number of carbonyl (C=O) groups excluding carboxylic acids is 1. The highest BCUT2D eigenvalue weighted by Gasteiger charge is 2.26. The fourth-order valence-electron chi connectivity index (χ4n) is 3.90. The SMILES string of the molecule is C[C@H]1CCc2nc3ccccc3c(C(=O)N(C)Cc3cnn(C)c3)c2C1. The van der Waals surface area contributed by atoms with Crippen molar-refractivity contribution in [2.24, 2.45) is 13.0 Å². The molecule has 1 aromatic carbocycles. The number of para-hydroxylation sites is 1. The van der Waals surface area contributed by atoms with E-state index in [1.807, 2.05) is 50.8 Å². The van der Waals surface area contributed by atoms with Crippen molar-refractivity contribution in [3.8, 4) is 0 Å². The van der Waals surface area contributed by atoms with Gasteiger partial charge in [0.25, 0.3) is 5.91 Å². The van der Waals surface area contributed by atoms with Gasteiger partial charge in [-0.05, 0) is 36.8 Å². The third kappa shape index (κ3) is 2.98. The molecule has 0 N–H and O–H groups in total. The van der Waals surface area contributed by atoms with Gasteiger partial charge in [0, 0.05) is 43.5 Å². The van der Waals surface area contributed by atoms with Crippen molar-refractivity contribution in [2.75, 3.05) is 7.05 Å². The number of pyridine rings is 1. The number of hydrogen-bond donors (Lipinski definition) is 0. The van der Waals surface area contributed by atoms with Crippen LogP contribution in [-0.2, 0) is 26.4 Å². The molecule has 0 fully saturated rings. The number of fused-ring (bicyclic) bond motifs is 2. The molecule has 0 aliphatic heterocycles. The molecule has 134 valence electrons. The third-order valence-corrected chi connectivity index (χ3v) is 5.24. The molecule has 26 heavy (non-hydrogen) atoms. The Morgan fingerprint density at radius 2 is 2.15 bits per heavy atom. The van der Waals surface area contributed by atoms with E-state index in [1.54, 1.807) is 9.58 Å². The van der Waals surface area contributed by atoms with Gasteiger partial charge in [0.1, 0.15) is 0 Å². The Morgan fingerprint density at radius 3 is 2.92 bits per heavy atom. The van der Waals surface area contributed by atoms with Gasteiger partial charge in [0.05, 0.1) is 17.3 Å². The monoisotopic (exact) mass is 348 g/mol. The first-order chi connectivity index (χ1) is 12.5. The first-order valence-electron chi connectivity index (χ1n) is 9.16. The predicted molar refractivity (Wildman–Crippen MR) is 102 cm³/mol. The Balaban J connectivity index is 1.78. The van der Waals surface area contributed by atoms with Crippen molar-refractivity contribution in [3.63, 3.8) is 0 Å². The standard InChI is InChI=1S/C21H24N4O/c1-14-8-9-19-17(10-14)20(16-6-4-5-7-18(16)23-19)21(26)24(2)12-15-11-22-25(3)13-15/h4-7,11,13-14H,8-10,12H2,1-3H3/t14-/m0/s1. The smallest absolute Gasteiger partial charge is 0.254 e. The largest absolute Gasteiger partial charge is 0.337 e. The zero-order chi connectivity index (χ0) is 18.3. The number of amides is 1. The maximum absolute atomic E-state index is 13.4. The Morgan fingerprint density at radius 1 is 1.35 bits per heavy atom. The lowest BCUT2D eigenvalue weighted by Gasteiger charge is -2.26. The normalized spacial score (nSPS) is 16.5. The van der Waals surface area contributed by atoms with E-state index in [0.717, 1.165) is 52.5 Å². The molecule has 0 saturated carbocycles. The summed E-state index contributed by atoms with van der Waals surface area (Å²) in [5, 5.41) is 5.16. The molecule has 1 amide bonds. The summed E-state index contributed by atoms with van der Waals surface area (Å²) < 4.78 is 1.76. The highest BCUT2D eigenvalue weighted by molar-refractivity contribution is 6.07. The molecule has 0 unspecified atom stereocenters. The number of aryl methyl sites for hydroxylation is 2. The van der Waals surface area contributed by atoms with Crippen LogP contribution in [0, 0.1) is 5.92 Å². The summed E-state index contributed by atoms with van der Waals surface area (Å²) in [7, 11) is 3.75. The summed E-state index contributed by atoms with van der Waals surface area (Å²) in [5.41, 5.74) is 5.02. The number of aromatic nitrogens is 3. The van der Waals surface area contributed by atoms with Crippen LogP contribution in [0.25, 0.3) is 10.9 Å². The average molecular weight is 348 g/mol. The number of rotatable bonds is 3. The van der Waals surface area contributed by atoms with Gasteiger partial charge in [-0.1, -0.05) is 25.1 Å². The van der Waals surface area contributed by atoms with Gasteiger partial charge in [-0.3, -0.25) is 14.5 Å². The zero-order valence-corrected chi connectivity index (χ0v) is 15.6. The first kappa shape index (κ1) is 16.8. The van der Waals surface area contributed by atoms with E-state index < -0.39 is 0 Å². The minimum Gasteiger partial charge on any atom is -0.337 e. The Hall–Kier alpha value is -2.69. The number of hydrogen-bond acceptors (Lipinski definition) is 3. The Bertz CT molecular complexity index is 975. The van der Waals surface area contributed by atoms with Crippen LogP contribution in [0.5, 0.6) is 0 Å². The van der Waals surface area contributed by atoms with Crippen molar-refractivity contribution in [1.29, 1.82) is 0 Å². The van der Waals surface area contributed by atoms with Gasteiger partial charge in [0.2, 0.25) is 0 Å². The third-order valence-electron chi connectivity index (χ3n) is 5.24. The second-order valence-electron chi connectivity index (χ2n) is 7.46. The molecule has 0 spiro atoms. The van der Waals surface area contributed by atoms with Crippen LogP contribution >= 0.6 is 0 Å². The van der Waals surface area contributed by atoms with Gasteiger partial charge >= 0.3 is 0 Å². The van der Waals surface area contributed by atoms with Crippen molar-refractivity contribution in [2.45, 2.75) is 32.7 Å². The summed E-state index contributed by atoms with van der Waals surface area (Å²) in [5.74, 6) is 0.651. The second kappa shape index (κ2) is 6.56. The van der Waals surface area contributed by atoms with Crippen molar-refractivity contribution in [3.05, 3.63) is 59.0 Å². The van der Waals surface area contributed by atoms with Crippen molar-refractivity contribution >= 4 is 16.8 Å². The van der Waals surface area contributed by atoms with Crippen LogP contribution < -0.4 is 0 Å². The summed E-state index contributed by atoms with van der Waals surface area (Å²) in [6, 6.07) is 8.00. The van der Waals surface area contributed by atoms with Gasteiger partial charge in [0.15, 0.2) is 0 Å². The summed E-state index contributed by atoms with van der Waals surface area (Å²) in [4.78, 5) is 20.1. The van der Waals surface area contributed by atoms with Crippen LogP contribution in [0.4, 0.5) is 0 Å². The number of benzene rings is 1. The Labute approximate surface area is 153 Å². The lowest BCUT2D eigenvalue weighted by Crippen LogP contribution is -2.29. The van der Waals surface area contributed by atoms with E-state index >= 15 is 0 Å². The maximum atomic E-state index is 13.4. The zero-order valence-electron chi connectivity index (χ0n) is 15.6. The lowest BCUT2D eigenvalue weighted by molar-refractivity contribution is 0.0785. The highest BCUT2D eigenvalue weighted by atomic mass is 16.2. The second-order valence-corrected chi connectivity index (χ2v) is 7.46. The molecule has 1 aliphatic rings. The van der Waals surface area contributed by atoms with E-state index in [0.29, 0.717) is 12.5 Å². The fraction of sp³-hybridized carbons (Fsp3) is 0.381. The van der Waals surface area contributed by atoms with Crippen LogP contribution in [0.3, 0.4) is 0 Å². The molecular formula is C21H24N4O. The number of nitrogens with zero attached hydrogens (tertiary/aromatic N) is 4. The molecule has 1 atom stereocenters. The topological polar surface area (TPSA) is 51.0 Å². The minimum absolute atomic E-state index is 0.0674. The van der Waals surface area contributed by atoms with Crippen LogP contribution in [0.15, 0.2) is 36.7 Å². The maximum Gasteiger partial charge on any atom is 0.254 e. The van der Waals surface area contributed by atoms with E-state index in [4.69, 9.17) is 4.98 Å². The molecule has 0 bridgehead atoms. The van der Waals surface area contributed by atoms with Crippen LogP contribution in [0.1, 0.15) is 40.5 Å². The van der Waals surface area contributed by atoms with Gasteiger partial charge < -0.3 is 4.90 Å². The van der Waals surface area contributed by atoms with Gasteiger partial charge in [-0.15, -0.1) is 0 Å². The molecule has 1 aliphatic carbocycles. The lowest BCUT2D eigenvalue weighted by atomic mass is 9.83. The highest BCUT2D eigenvalue weighted by Crippen LogP contribution is 2.32. The van der Waals surface area contributed by atoms with Crippen LogP contribution in [-0.4, -0.2) is 32.6 Å². The quantitative estimate of drug-likeness (QED) is 0.729. The van der Waals surface area contributed by atoms with E-state index in [1.165, 1.54) is 0 Å². The summed E-state index contributed by atoms with van der Waals surface area (Å²) in [6.45, 7) is 2.80. The predicted octanol–water partition coefficient (Wildman–Crippen LogP) is 3.37. The first-order valence-corrected chi connectivity index (χ1v) is 9.16. The molecule has 5 heteroatoms. The molecule has 5 nitrogen and oxygen atoms in total. The van der Waals surface area contributed by atoms with Crippen molar-refractivity contribution in [1.82, 2.24) is 19.7 Å². The van der Waals surface area contributed by atoms with Crippen molar-refractivity contribution < 1.29 is 4.79 Å². The van der Waals surface area contributed by atoms with Crippen LogP contribution in [0.2, 0.25) is 0 Å². The molecule has 2 heterocycles. The molecule has 4 rings (SSSR count). The van der Waals surface area contributed by atoms with E-state index in [-0.39, 0.29) is 5.91 Å². The molecule has 0 radical (unpaired) electrons. The molecule has 0 saturated heterocycles. The van der Waals surface area contributed by atoms with Gasteiger partial charge in [-0.25, -0.2) is 0 Å². The summed E-state index contributed by atoms with van der Waals surface area (Å²) in [6.07, 6.45) is 6.78. The number of carbonyl (C=O) groups is 1. The molecule has 2 aromatic heterocycles. The van der Waals surface area contributed by atoms with E-state index in [9.17, 15) is 4.79 Å².